The number of piperidine rings is 1. The lowest BCUT2D eigenvalue weighted by atomic mass is 9.97. The van der Waals surface area contributed by atoms with Crippen LogP contribution in [0.4, 0.5) is 0 Å². The monoisotopic (exact) mass is 245 g/mol. The summed E-state index contributed by atoms with van der Waals surface area (Å²) in [7, 11) is 0. The number of likely N-dealkylation sites (tertiary alicyclic amines) is 1. The van der Waals surface area contributed by atoms with Crippen LogP contribution in [0.2, 0.25) is 0 Å². The molecule has 1 fully saturated rings. The number of ketones is 1. The zero-order valence-electron chi connectivity index (χ0n) is 11.5. The Morgan fingerprint density at radius 1 is 1.17 bits per heavy atom. The summed E-state index contributed by atoms with van der Waals surface area (Å²) < 4.78 is 0. The first-order valence-corrected chi connectivity index (χ1v) is 7.00. The second kappa shape index (κ2) is 6.14. The van der Waals surface area contributed by atoms with E-state index in [0.717, 1.165) is 25.2 Å². The van der Waals surface area contributed by atoms with Gasteiger partial charge in [-0.15, -0.1) is 0 Å². The minimum absolute atomic E-state index is 0.103. The Kier molecular flexibility index (Phi) is 4.54. The highest BCUT2D eigenvalue weighted by Gasteiger charge is 2.19. The molecule has 1 atom stereocenters. The van der Waals surface area contributed by atoms with Crippen LogP contribution in [-0.4, -0.2) is 30.3 Å². The predicted octanol–water partition coefficient (Wildman–Crippen LogP) is 3.30. The van der Waals surface area contributed by atoms with Crippen molar-refractivity contribution in [1.82, 2.24) is 4.90 Å². The van der Waals surface area contributed by atoms with Gasteiger partial charge in [-0.3, -0.25) is 4.79 Å². The van der Waals surface area contributed by atoms with Crippen molar-refractivity contribution >= 4 is 5.78 Å². The van der Waals surface area contributed by atoms with Gasteiger partial charge in [0.1, 0.15) is 0 Å². The van der Waals surface area contributed by atoms with Gasteiger partial charge in [0.15, 0.2) is 5.78 Å². The van der Waals surface area contributed by atoms with Gasteiger partial charge in [0, 0.05) is 18.0 Å². The molecule has 1 heterocycles. The number of benzene rings is 1. The Labute approximate surface area is 110 Å². The third-order valence-corrected chi connectivity index (χ3v) is 3.76. The Balaban J connectivity index is 1.93. The lowest BCUT2D eigenvalue weighted by Crippen LogP contribution is -2.35. The Bertz CT molecular complexity index is 390. The standard InChI is InChI=1S/C16H23NO/c1-13-6-8-15(9-7-13)16(18)14(2)12-17-10-4-3-5-11-17/h6-9,14H,3-5,10-12H2,1-2H3/t14-/m1/s1. The lowest BCUT2D eigenvalue weighted by Gasteiger charge is -2.28. The van der Waals surface area contributed by atoms with E-state index in [2.05, 4.69) is 11.8 Å². The minimum atomic E-state index is 0.103. The molecule has 1 saturated heterocycles. The molecule has 0 spiro atoms. The second-order valence-corrected chi connectivity index (χ2v) is 5.49. The average Bonchev–Trinajstić information content (AvgIpc) is 2.40. The average molecular weight is 245 g/mol. The highest BCUT2D eigenvalue weighted by Crippen LogP contribution is 2.15. The highest BCUT2D eigenvalue weighted by atomic mass is 16.1. The van der Waals surface area contributed by atoms with Gasteiger partial charge < -0.3 is 4.90 Å². The maximum Gasteiger partial charge on any atom is 0.166 e. The molecule has 0 unspecified atom stereocenters. The van der Waals surface area contributed by atoms with Gasteiger partial charge in [0.25, 0.3) is 0 Å². The summed E-state index contributed by atoms with van der Waals surface area (Å²) in [6, 6.07) is 7.93. The third-order valence-electron chi connectivity index (χ3n) is 3.76. The van der Waals surface area contributed by atoms with Crippen molar-refractivity contribution in [3.8, 4) is 0 Å². The minimum Gasteiger partial charge on any atom is -0.303 e. The van der Waals surface area contributed by atoms with Crippen LogP contribution in [0.25, 0.3) is 0 Å². The molecule has 2 nitrogen and oxygen atoms in total. The topological polar surface area (TPSA) is 20.3 Å². The molecule has 1 aliphatic rings. The molecule has 1 aromatic rings. The van der Waals surface area contributed by atoms with Crippen LogP contribution < -0.4 is 0 Å². The van der Waals surface area contributed by atoms with Crippen LogP contribution in [0.5, 0.6) is 0 Å². The normalized spacial score (nSPS) is 18.6. The van der Waals surface area contributed by atoms with E-state index in [1.54, 1.807) is 0 Å². The second-order valence-electron chi connectivity index (χ2n) is 5.49. The van der Waals surface area contributed by atoms with Gasteiger partial charge in [-0.1, -0.05) is 43.2 Å². The summed E-state index contributed by atoms with van der Waals surface area (Å²) in [5, 5.41) is 0. The number of hydrogen-bond donors (Lipinski definition) is 0. The summed E-state index contributed by atoms with van der Waals surface area (Å²) in [4.78, 5) is 14.7. The fraction of sp³-hybridized carbons (Fsp3) is 0.562. The number of nitrogens with zero attached hydrogens (tertiary/aromatic N) is 1. The number of carbonyl (C=O) groups excluding carboxylic acids is 1. The van der Waals surface area contributed by atoms with E-state index in [4.69, 9.17) is 0 Å². The van der Waals surface area contributed by atoms with Crippen LogP contribution in [-0.2, 0) is 0 Å². The van der Waals surface area contributed by atoms with E-state index < -0.39 is 0 Å². The SMILES string of the molecule is Cc1ccc(C(=O)[C@H](C)CN2CCCCC2)cc1. The maximum atomic E-state index is 12.3. The Morgan fingerprint density at radius 3 is 2.39 bits per heavy atom. The molecule has 0 aromatic heterocycles. The van der Waals surface area contributed by atoms with Crippen LogP contribution in [0.1, 0.15) is 42.1 Å². The van der Waals surface area contributed by atoms with Gasteiger partial charge in [-0.2, -0.15) is 0 Å². The van der Waals surface area contributed by atoms with E-state index in [1.807, 2.05) is 31.2 Å². The van der Waals surface area contributed by atoms with Gasteiger partial charge in [-0.05, 0) is 32.9 Å². The Hall–Kier alpha value is -1.15. The fourth-order valence-electron chi connectivity index (χ4n) is 2.61. The molecule has 0 radical (unpaired) electrons. The molecular weight excluding hydrogens is 222 g/mol. The predicted molar refractivity (Wildman–Crippen MR) is 75.0 cm³/mol. The number of Topliss-reactive ketones (excluding diaryl/α,β-unsaturated/α-hetero) is 1. The molecule has 2 rings (SSSR count). The molecule has 2 heteroatoms. The molecule has 0 bridgehead atoms. The molecule has 18 heavy (non-hydrogen) atoms. The van der Waals surface area contributed by atoms with Crippen molar-refractivity contribution in [2.45, 2.75) is 33.1 Å². The summed E-state index contributed by atoms with van der Waals surface area (Å²) in [5.74, 6) is 0.381. The molecular formula is C16H23NO. The zero-order chi connectivity index (χ0) is 13.0. The summed E-state index contributed by atoms with van der Waals surface area (Å²) in [6.07, 6.45) is 3.91. The van der Waals surface area contributed by atoms with Gasteiger partial charge in [-0.25, -0.2) is 0 Å². The molecule has 0 aliphatic carbocycles. The smallest absolute Gasteiger partial charge is 0.166 e. The zero-order valence-corrected chi connectivity index (χ0v) is 11.5. The van der Waals surface area contributed by atoms with Crippen molar-refractivity contribution in [1.29, 1.82) is 0 Å². The van der Waals surface area contributed by atoms with Gasteiger partial charge in [0.2, 0.25) is 0 Å². The maximum absolute atomic E-state index is 12.3. The number of rotatable bonds is 4. The lowest BCUT2D eigenvalue weighted by molar-refractivity contribution is 0.0883. The largest absolute Gasteiger partial charge is 0.303 e. The number of carbonyl (C=O) groups is 1. The van der Waals surface area contributed by atoms with Crippen LogP contribution >= 0.6 is 0 Å². The van der Waals surface area contributed by atoms with Crippen molar-refractivity contribution < 1.29 is 4.79 Å². The number of aryl methyl sites for hydroxylation is 1. The van der Waals surface area contributed by atoms with E-state index >= 15 is 0 Å². The molecule has 0 saturated carbocycles. The Morgan fingerprint density at radius 2 is 1.78 bits per heavy atom. The highest BCUT2D eigenvalue weighted by molar-refractivity contribution is 5.97. The van der Waals surface area contributed by atoms with Crippen molar-refractivity contribution in [3.05, 3.63) is 35.4 Å². The third kappa shape index (κ3) is 3.42. The first-order valence-electron chi connectivity index (χ1n) is 7.00. The van der Waals surface area contributed by atoms with Crippen molar-refractivity contribution in [2.75, 3.05) is 19.6 Å². The fourth-order valence-corrected chi connectivity index (χ4v) is 2.61. The van der Waals surface area contributed by atoms with E-state index in [-0.39, 0.29) is 11.7 Å². The quantitative estimate of drug-likeness (QED) is 0.759. The first-order chi connectivity index (χ1) is 8.66. The van der Waals surface area contributed by atoms with Gasteiger partial charge in [0.05, 0.1) is 0 Å². The van der Waals surface area contributed by atoms with Gasteiger partial charge >= 0.3 is 0 Å². The first kappa shape index (κ1) is 13.3. The van der Waals surface area contributed by atoms with Crippen LogP contribution in [0.3, 0.4) is 0 Å². The van der Waals surface area contributed by atoms with Crippen LogP contribution in [0, 0.1) is 12.8 Å². The molecule has 98 valence electrons. The van der Waals surface area contributed by atoms with E-state index in [1.165, 1.54) is 24.8 Å². The summed E-state index contributed by atoms with van der Waals surface area (Å²) >= 11 is 0. The molecule has 0 N–H and O–H groups in total. The van der Waals surface area contributed by atoms with Crippen LogP contribution in [0.15, 0.2) is 24.3 Å². The molecule has 0 amide bonds. The number of hydrogen-bond acceptors (Lipinski definition) is 2. The van der Waals surface area contributed by atoms with Crippen molar-refractivity contribution in [2.24, 2.45) is 5.92 Å². The van der Waals surface area contributed by atoms with E-state index in [9.17, 15) is 4.79 Å². The summed E-state index contributed by atoms with van der Waals surface area (Å²) in [5.41, 5.74) is 2.06. The summed E-state index contributed by atoms with van der Waals surface area (Å²) in [6.45, 7) is 7.33. The molecule has 1 aliphatic heterocycles. The molecule has 1 aromatic carbocycles. The van der Waals surface area contributed by atoms with Crippen molar-refractivity contribution in [3.63, 3.8) is 0 Å². The van der Waals surface area contributed by atoms with E-state index in [0.29, 0.717) is 0 Å².